The second-order valence-corrected chi connectivity index (χ2v) is 5.95. The van der Waals surface area contributed by atoms with E-state index in [4.69, 9.17) is 0 Å². The smallest absolute Gasteiger partial charge is 0.324 e. The number of nitrogens with zero attached hydrogens (tertiary/aromatic N) is 3. The van der Waals surface area contributed by atoms with Gasteiger partial charge in [-0.05, 0) is 6.92 Å². The third-order valence-electron chi connectivity index (χ3n) is 3.27. The Kier molecular flexibility index (Phi) is 4.10. The van der Waals surface area contributed by atoms with Gasteiger partial charge in [0.15, 0.2) is 5.82 Å². The number of imide groups is 1. The molecule has 2 N–H and O–H groups in total. The molecule has 1 saturated heterocycles. The van der Waals surface area contributed by atoms with Crippen LogP contribution in [0.1, 0.15) is 5.56 Å². The van der Waals surface area contributed by atoms with Gasteiger partial charge in [0, 0.05) is 17.9 Å². The van der Waals surface area contributed by atoms with Crippen molar-refractivity contribution in [3.63, 3.8) is 0 Å². The summed E-state index contributed by atoms with van der Waals surface area (Å²) in [5, 5.41) is 10.1. The first-order valence-corrected chi connectivity index (χ1v) is 7.82. The highest BCUT2D eigenvalue weighted by Crippen LogP contribution is 2.19. The minimum absolute atomic E-state index is 0.0850. The first-order chi connectivity index (χ1) is 10.6. The summed E-state index contributed by atoms with van der Waals surface area (Å²) in [4.78, 5) is 28.4. The van der Waals surface area contributed by atoms with Crippen molar-refractivity contribution >= 4 is 23.7 Å². The van der Waals surface area contributed by atoms with Gasteiger partial charge in [-0.15, -0.1) is 5.10 Å². The molecule has 1 aromatic heterocycles. The molecule has 8 heteroatoms. The van der Waals surface area contributed by atoms with Crippen molar-refractivity contribution in [3.8, 4) is 11.4 Å². The fourth-order valence-electron chi connectivity index (χ4n) is 2.06. The zero-order chi connectivity index (χ0) is 15.5. The minimum atomic E-state index is -0.332. The second kappa shape index (κ2) is 6.18. The quantitative estimate of drug-likeness (QED) is 0.643. The maximum atomic E-state index is 11.4. The average molecular weight is 317 g/mol. The Balaban J connectivity index is 1.57. The lowest BCUT2D eigenvalue weighted by atomic mass is 10.1. The molecule has 114 valence electrons. The maximum absolute atomic E-state index is 11.4. The number of amides is 3. The van der Waals surface area contributed by atoms with E-state index in [1.165, 1.54) is 22.2 Å². The van der Waals surface area contributed by atoms with Gasteiger partial charge < -0.3 is 5.32 Å². The van der Waals surface area contributed by atoms with Gasteiger partial charge in [0.05, 0.1) is 6.54 Å². The van der Waals surface area contributed by atoms with Crippen LogP contribution in [-0.4, -0.2) is 50.9 Å². The van der Waals surface area contributed by atoms with Gasteiger partial charge in [-0.2, -0.15) is 0 Å². The van der Waals surface area contributed by atoms with Crippen molar-refractivity contribution < 1.29 is 9.59 Å². The van der Waals surface area contributed by atoms with Crippen LogP contribution in [0.4, 0.5) is 4.79 Å². The zero-order valence-corrected chi connectivity index (χ0v) is 12.8. The Morgan fingerprint density at radius 2 is 2.05 bits per heavy atom. The molecule has 22 heavy (non-hydrogen) atoms. The highest BCUT2D eigenvalue weighted by Gasteiger charge is 2.27. The largest absolute Gasteiger partial charge is 0.329 e. The Bertz CT molecular complexity index is 682. The van der Waals surface area contributed by atoms with Crippen LogP contribution in [0.3, 0.4) is 0 Å². The van der Waals surface area contributed by atoms with E-state index in [0.717, 1.165) is 5.56 Å². The predicted octanol–water partition coefficient (Wildman–Crippen LogP) is 1.42. The van der Waals surface area contributed by atoms with Gasteiger partial charge in [-0.3, -0.25) is 14.8 Å². The summed E-state index contributed by atoms with van der Waals surface area (Å²) >= 11 is 1.40. The summed E-state index contributed by atoms with van der Waals surface area (Å²) in [5.74, 6) is 1.07. The molecule has 2 aromatic rings. The second-order valence-electron chi connectivity index (χ2n) is 4.89. The number of aromatic amines is 1. The molecule has 0 atom stereocenters. The third-order valence-corrected chi connectivity index (χ3v) is 4.10. The molecule has 0 bridgehead atoms. The first-order valence-electron chi connectivity index (χ1n) is 6.84. The van der Waals surface area contributed by atoms with Crippen LogP contribution in [0.15, 0.2) is 29.4 Å². The Morgan fingerprint density at radius 3 is 2.73 bits per heavy atom. The summed E-state index contributed by atoms with van der Waals surface area (Å²) in [6.45, 7) is 2.46. The predicted molar refractivity (Wildman–Crippen MR) is 82.4 cm³/mol. The Labute approximate surface area is 131 Å². The third kappa shape index (κ3) is 3.11. The molecule has 1 aliphatic heterocycles. The molecule has 3 amide bonds. The van der Waals surface area contributed by atoms with Crippen LogP contribution in [0.25, 0.3) is 11.4 Å². The van der Waals surface area contributed by atoms with E-state index >= 15 is 0 Å². The minimum Gasteiger partial charge on any atom is -0.329 e. The standard InChI is InChI=1S/C14H15N5O2S/c1-9-2-4-10(5-3-9)12-16-13(18-17-12)22-7-6-19-11(20)8-15-14(19)21/h2-5H,6-8H2,1H3,(H,15,21)(H,16,17,18). The van der Waals surface area contributed by atoms with Gasteiger partial charge >= 0.3 is 6.03 Å². The monoisotopic (exact) mass is 317 g/mol. The lowest BCUT2D eigenvalue weighted by Gasteiger charge is -2.10. The average Bonchev–Trinajstić information content (AvgIpc) is 3.10. The summed E-state index contributed by atoms with van der Waals surface area (Å²) in [7, 11) is 0. The van der Waals surface area contributed by atoms with Crippen LogP contribution >= 0.6 is 11.8 Å². The van der Waals surface area contributed by atoms with Crippen molar-refractivity contribution in [1.29, 1.82) is 0 Å². The summed E-state index contributed by atoms with van der Waals surface area (Å²) in [5.41, 5.74) is 2.16. The lowest BCUT2D eigenvalue weighted by molar-refractivity contribution is -0.124. The molecule has 3 rings (SSSR count). The van der Waals surface area contributed by atoms with E-state index in [2.05, 4.69) is 20.5 Å². The topological polar surface area (TPSA) is 91.0 Å². The molecule has 1 aliphatic rings. The fraction of sp³-hybridized carbons (Fsp3) is 0.286. The number of thioether (sulfide) groups is 1. The number of hydrogen-bond acceptors (Lipinski definition) is 5. The van der Waals surface area contributed by atoms with E-state index in [-0.39, 0.29) is 18.5 Å². The molecule has 0 spiro atoms. The van der Waals surface area contributed by atoms with Crippen LogP contribution in [0.2, 0.25) is 0 Å². The van der Waals surface area contributed by atoms with E-state index in [1.807, 2.05) is 31.2 Å². The molecule has 7 nitrogen and oxygen atoms in total. The summed E-state index contributed by atoms with van der Waals surface area (Å²) in [6.07, 6.45) is 0. The van der Waals surface area contributed by atoms with E-state index in [0.29, 0.717) is 23.3 Å². The van der Waals surface area contributed by atoms with Crippen molar-refractivity contribution in [1.82, 2.24) is 25.4 Å². The molecule has 0 saturated carbocycles. The van der Waals surface area contributed by atoms with Gasteiger partial charge in [-0.25, -0.2) is 9.78 Å². The highest BCUT2D eigenvalue weighted by molar-refractivity contribution is 7.99. The number of nitrogens with one attached hydrogen (secondary N) is 2. The van der Waals surface area contributed by atoms with E-state index < -0.39 is 0 Å². The van der Waals surface area contributed by atoms with E-state index in [1.54, 1.807) is 0 Å². The number of aromatic nitrogens is 3. The summed E-state index contributed by atoms with van der Waals surface area (Å²) < 4.78 is 0. The van der Waals surface area contributed by atoms with Crippen molar-refractivity contribution in [3.05, 3.63) is 29.8 Å². The molecule has 0 unspecified atom stereocenters. The molecular weight excluding hydrogens is 302 g/mol. The normalized spacial score (nSPS) is 14.5. The zero-order valence-electron chi connectivity index (χ0n) is 12.0. The van der Waals surface area contributed by atoms with Gasteiger partial charge in [0.2, 0.25) is 11.1 Å². The first kappa shape index (κ1) is 14.6. The Hall–Kier alpha value is -2.35. The van der Waals surface area contributed by atoms with Crippen molar-refractivity contribution in [2.75, 3.05) is 18.8 Å². The molecule has 0 aliphatic carbocycles. The molecular formula is C14H15N5O2S. The molecule has 2 heterocycles. The van der Waals surface area contributed by atoms with Gasteiger partial charge in [0.25, 0.3) is 0 Å². The number of carbonyl (C=O) groups is 2. The summed E-state index contributed by atoms with van der Waals surface area (Å²) in [6, 6.07) is 7.67. The lowest BCUT2D eigenvalue weighted by Crippen LogP contribution is -2.32. The Morgan fingerprint density at radius 1 is 1.27 bits per heavy atom. The van der Waals surface area contributed by atoms with Gasteiger partial charge in [-0.1, -0.05) is 41.6 Å². The molecule has 1 fully saturated rings. The van der Waals surface area contributed by atoms with Gasteiger partial charge in [0.1, 0.15) is 0 Å². The molecule has 1 aromatic carbocycles. The number of urea groups is 1. The van der Waals surface area contributed by atoms with Crippen molar-refractivity contribution in [2.24, 2.45) is 0 Å². The highest BCUT2D eigenvalue weighted by atomic mass is 32.2. The van der Waals surface area contributed by atoms with Crippen molar-refractivity contribution in [2.45, 2.75) is 12.1 Å². The number of carbonyl (C=O) groups excluding carboxylic acids is 2. The van der Waals surface area contributed by atoms with Crippen LogP contribution in [0.5, 0.6) is 0 Å². The number of benzene rings is 1. The number of aryl methyl sites for hydroxylation is 1. The van der Waals surface area contributed by atoms with Crippen LogP contribution in [0, 0.1) is 6.92 Å². The number of H-pyrrole nitrogens is 1. The SMILES string of the molecule is Cc1ccc(-c2nc(SCCN3C(=O)CNC3=O)n[nH]2)cc1. The number of rotatable bonds is 5. The van der Waals surface area contributed by atoms with Crippen LogP contribution in [-0.2, 0) is 4.79 Å². The number of hydrogen-bond donors (Lipinski definition) is 2. The van der Waals surface area contributed by atoms with Crippen LogP contribution < -0.4 is 5.32 Å². The van der Waals surface area contributed by atoms with E-state index in [9.17, 15) is 9.59 Å². The molecule has 0 radical (unpaired) electrons. The maximum Gasteiger partial charge on any atom is 0.324 e. The fourth-order valence-corrected chi connectivity index (χ4v) is 2.78.